The van der Waals surface area contributed by atoms with E-state index in [0.29, 0.717) is 18.7 Å². The van der Waals surface area contributed by atoms with Crippen LogP contribution in [0.15, 0.2) is 23.1 Å². The smallest absolute Gasteiger partial charge is 0.250 e. The summed E-state index contributed by atoms with van der Waals surface area (Å²) < 4.78 is 1.42. The van der Waals surface area contributed by atoms with Crippen LogP contribution < -0.4 is 10.9 Å². The highest BCUT2D eigenvalue weighted by Crippen LogP contribution is 2.19. The first-order valence-electron chi connectivity index (χ1n) is 7.76. The van der Waals surface area contributed by atoms with Crippen molar-refractivity contribution in [2.75, 3.05) is 18.4 Å². The molecule has 22 heavy (non-hydrogen) atoms. The normalized spacial score (nSPS) is 18.1. The maximum atomic E-state index is 12.4. The molecule has 1 aromatic heterocycles. The van der Waals surface area contributed by atoms with Gasteiger partial charge in [0.2, 0.25) is 17.4 Å². The lowest BCUT2D eigenvalue weighted by molar-refractivity contribution is -0.134. The fourth-order valence-electron chi connectivity index (χ4n) is 2.70. The van der Waals surface area contributed by atoms with Gasteiger partial charge in [-0.25, -0.2) is 0 Å². The van der Waals surface area contributed by atoms with E-state index in [9.17, 15) is 14.4 Å². The summed E-state index contributed by atoms with van der Waals surface area (Å²) in [5.74, 6) is -0.151. The molecule has 6 heteroatoms. The highest BCUT2D eigenvalue weighted by atomic mass is 16.2. The van der Waals surface area contributed by atoms with Crippen LogP contribution in [0.1, 0.15) is 32.6 Å². The van der Waals surface area contributed by atoms with Crippen LogP contribution >= 0.6 is 0 Å². The minimum absolute atomic E-state index is 0.0901. The maximum absolute atomic E-state index is 12.4. The van der Waals surface area contributed by atoms with Crippen molar-refractivity contribution in [2.24, 2.45) is 13.0 Å². The molecule has 0 saturated carbocycles. The van der Waals surface area contributed by atoms with Crippen LogP contribution in [0, 0.1) is 5.92 Å². The predicted octanol–water partition coefficient (Wildman–Crippen LogP) is 1.36. The molecule has 1 unspecified atom stereocenters. The van der Waals surface area contributed by atoms with Crippen molar-refractivity contribution in [1.82, 2.24) is 9.47 Å². The van der Waals surface area contributed by atoms with Crippen LogP contribution in [0.25, 0.3) is 0 Å². The van der Waals surface area contributed by atoms with Gasteiger partial charge in [-0.15, -0.1) is 0 Å². The molecule has 2 rings (SSSR count). The molecule has 0 aliphatic carbocycles. The van der Waals surface area contributed by atoms with E-state index in [1.54, 1.807) is 24.2 Å². The number of likely N-dealkylation sites (tertiary alicyclic amines) is 1. The van der Waals surface area contributed by atoms with E-state index in [1.165, 1.54) is 10.6 Å². The molecule has 1 N–H and O–H groups in total. The molecule has 0 bridgehead atoms. The molecule has 1 aliphatic rings. The minimum atomic E-state index is -0.188. The number of nitrogens with one attached hydrogen (secondary N) is 1. The third-order valence-electron chi connectivity index (χ3n) is 3.96. The number of nitrogens with zero attached hydrogens (tertiary/aromatic N) is 2. The average Bonchev–Trinajstić information content (AvgIpc) is 2.51. The molecule has 120 valence electrons. The van der Waals surface area contributed by atoms with Crippen LogP contribution in [-0.2, 0) is 16.6 Å². The van der Waals surface area contributed by atoms with E-state index in [2.05, 4.69) is 5.32 Å². The Morgan fingerprint density at radius 3 is 2.82 bits per heavy atom. The summed E-state index contributed by atoms with van der Waals surface area (Å²) in [5, 5.41) is 2.83. The molecule has 1 aromatic rings. The molecule has 0 spiro atoms. The number of amides is 2. The van der Waals surface area contributed by atoms with Crippen LogP contribution in [0.4, 0.5) is 5.69 Å². The van der Waals surface area contributed by atoms with Gasteiger partial charge in [0.15, 0.2) is 0 Å². The third kappa shape index (κ3) is 3.96. The topological polar surface area (TPSA) is 71.4 Å². The third-order valence-corrected chi connectivity index (χ3v) is 3.96. The Morgan fingerprint density at radius 1 is 1.36 bits per heavy atom. The fourth-order valence-corrected chi connectivity index (χ4v) is 2.70. The second-order valence-electron chi connectivity index (χ2n) is 5.79. The SMILES string of the molecule is CCCC(=O)N1CCCC(C(=O)Nc2ccc(=O)n(C)c2)C1. The first-order chi connectivity index (χ1) is 10.5. The molecule has 1 atom stereocenters. The number of rotatable bonds is 4. The Labute approximate surface area is 130 Å². The van der Waals surface area contributed by atoms with Crippen molar-refractivity contribution in [1.29, 1.82) is 0 Å². The Bertz CT molecular complexity index is 609. The van der Waals surface area contributed by atoms with Crippen molar-refractivity contribution in [2.45, 2.75) is 32.6 Å². The van der Waals surface area contributed by atoms with Gasteiger partial charge >= 0.3 is 0 Å². The van der Waals surface area contributed by atoms with Gasteiger partial charge in [-0.2, -0.15) is 0 Å². The highest BCUT2D eigenvalue weighted by Gasteiger charge is 2.28. The molecule has 1 saturated heterocycles. The van der Waals surface area contributed by atoms with Gasteiger partial charge in [-0.3, -0.25) is 14.4 Å². The highest BCUT2D eigenvalue weighted by molar-refractivity contribution is 5.93. The molecular formula is C16H23N3O3. The zero-order chi connectivity index (χ0) is 16.1. The number of aryl methyl sites for hydroxylation is 1. The largest absolute Gasteiger partial charge is 0.342 e. The lowest BCUT2D eigenvalue weighted by atomic mass is 9.96. The van der Waals surface area contributed by atoms with E-state index in [0.717, 1.165) is 25.8 Å². The molecule has 2 amide bonds. The Hall–Kier alpha value is -2.11. The van der Waals surface area contributed by atoms with Crippen LogP contribution in [0.5, 0.6) is 0 Å². The number of aromatic nitrogens is 1. The van der Waals surface area contributed by atoms with E-state index < -0.39 is 0 Å². The van der Waals surface area contributed by atoms with Crippen LogP contribution in [0.2, 0.25) is 0 Å². The molecular weight excluding hydrogens is 282 g/mol. The zero-order valence-corrected chi connectivity index (χ0v) is 13.2. The molecule has 0 aromatic carbocycles. The van der Waals surface area contributed by atoms with Gasteiger partial charge in [0.1, 0.15) is 0 Å². The number of piperidine rings is 1. The van der Waals surface area contributed by atoms with Gasteiger partial charge in [0, 0.05) is 38.8 Å². The Balaban J connectivity index is 1.98. The molecule has 2 heterocycles. The standard InChI is InChI=1S/C16H23N3O3/c1-3-5-15(21)19-9-4-6-12(10-19)16(22)17-13-7-8-14(20)18(2)11-13/h7-8,11-12H,3-6,9-10H2,1-2H3,(H,17,22). The van der Waals surface area contributed by atoms with Gasteiger partial charge in [0.25, 0.3) is 0 Å². The second-order valence-corrected chi connectivity index (χ2v) is 5.79. The van der Waals surface area contributed by atoms with Gasteiger partial charge < -0.3 is 14.8 Å². The summed E-state index contributed by atoms with van der Waals surface area (Å²) in [4.78, 5) is 37.5. The number of carbonyl (C=O) groups is 2. The quantitative estimate of drug-likeness (QED) is 0.913. The first-order valence-corrected chi connectivity index (χ1v) is 7.76. The number of pyridine rings is 1. The number of hydrogen-bond acceptors (Lipinski definition) is 3. The van der Waals surface area contributed by atoms with Crippen molar-refractivity contribution in [3.8, 4) is 0 Å². The number of hydrogen-bond donors (Lipinski definition) is 1. The van der Waals surface area contributed by atoms with Gasteiger partial charge in [-0.1, -0.05) is 6.92 Å². The summed E-state index contributed by atoms with van der Waals surface area (Å²) in [6.07, 6.45) is 4.59. The number of anilines is 1. The summed E-state index contributed by atoms with van der Waals surface area (Å²) in [5.41, 5.74) is 0.483. The summed E-state index contributed by atoms with van der Waals surface area (Å²) >= 11 is 0. The monoisotopic (exact) mass is 305 g/mol. The van der Waals surface area contributed by atoms with E-state index in [4.69, 9.17) is 0 Å². The van der Waals surface area contributed by atoms with Crippen LogP contribution in [0.3, 0.4) is 0 Å². The summed E-state index contributed by atoms with van der Waals surface area (Å²) in [7, 11) is 1.64. The average molecular weight is 305 g/mol. The fraction of sp³-hybridized carbons (Fsp3) is 0.562. The van der Waals surface area contributed by atoms with Crippen molar-refractivity contribution < 1.29 is 9.59 Å². The number of carbonyl (C=O) groups excluding carboxylic acids is 2. The zero-order valence-electron chi connectivity index (χ0n) is 13.2. The molecule has 6 nitrogen and oxygen atoms in total. The van der Waals surface area contributed by atoms with Gasteiger partial charge in [0.05, 0.1) is 11.6 Å². The summed E-state index contributed by atoms with van der Waals surface area (Å²) in [6.45, 7) is 3.20. The Kier molecular flexibility index (Phi) is 5.35. The van der Waals surface area contributed by atoms with Crippen molar-refractivity contribution in [3.63, 3.8) is 0 Å². The molecule has 0 radical (unpaired) electrons. The first kappa shape index (κ1) is 16.3. The maximum Gasteiger partial charge on any atom is 0.250 e. The van der Waals surface area contributed by atoms with Crippen LogP contribution in [-0.4, -0.2) is 34.4 Å². The van der Waals surface area contributed by atoms with E-state index >= 15 is 0 Å². The van der Waals surface area contributed by atoms with E-state index in [-0.39, 0.29) is 23.3 Å². The van der Waals surface area contributed by atoms with Crippen molar-refractivity contribution >= 4 is 17.5 Å². The second kappa shape index (κ2) is 7.24. The minimum Gasteiger partial charge on any atom is -0.342 e. The molecule has 1 fully saturated rings. The van der Waals surface area contributed by atoms with E-state index in [1.807, 2.05) is 6.92 Å². The summed E-state index contributed by atoms with van der Waals surface area (Å²) in [6, 6.07) is 3.02. The lowest BCUT2D eigenvalue weighted by Gasteiger charge is -2.32. The molecule has 1 aliphatic heterocycles. The predicted molar refractivity (Wildman–Crippen MR) is 84.5 cm³/mol. The Morgan fingerprint density at radius 2 is 2.14 bits per heavy atom. The lowest BCUT2D eigenvalue weighted by Crippen LogP contribution is -2.43. The van der Waals surface area contributed by atoms with Crippen molar-refractivity contribution in [3.05, 3.63) is 28.7 Å². The van der Waals surface area contributed by atoms with Gasteiger partial charge in [-0.05, 0) is 25.3 Å².